The second kappa shape index (κ2) is 4.43. The van der Waals surface area contributed by atoms with Crippen LogP contribution >= 0.6 is 15.9 Å². The van der Waals surface area contributed by atoms with Crippen LogP contribution in [-0.4, -0.2) is 11.1 Å². The summed E-state index contributed by atoms with van der Waals surface area (Å²) in [5, 5.41) is 0.429. The summed E-state index contributed by atoms with van der Waals surface area (Å²) in [5.74, 6) is 0.871. The average molecular weight is 257 g/mol. The summed E-state index contributed by atoms with van der Waals surface area (Å²) in [6.07, 6.45) is 5.94. The first-order valence-corrected chi connectivity index (χ1v) is 6.07. The van der Waals surface area contributed by atoms with Crippen LogP contribution < -0.4 is 0 Å². The van der Waals surface area contributed by atoms with Crippen molar-refractivity contribution in [3.8, 4) is 0 Å². The molecule has 1 rings (SSSR count). The van der Waals surface area contributed by atoms with Gasteiger partial charge in [-0.05, 0) is 24.7 Å². The monoisotopic (exact) mass is 256 g/mol. The molecule has 1 fully saturated rings. The van der Waals surface area contributed by atoms with Gasteiger partial charge in [0.1, 0.15) is 5.78 Å². The van der Waals surface area contributed by atoms with Crippen molar-refractivity contribution in [1.82, 2.24) is 0 Å². The zero-order valence-corrected chi connectivity index (χ0v) is 10.2. The number of hydrogen-bond donors (Lipinski definition) is 0. The molecule has 1 unspecified atom stereocenters. The minimum atomic E-state index is -0.285. The number of hydrogen-bond acceptors (Lipinski definition) is 1. The highest BCUT2D eigenvalue weighted by molar-refractivity contribution is 9.09. The summed E-state index contributed by atoms with van der Waals surface area (Å²) in [7, 11) is 0. The van der Waals surface area contributed by atoms with Gasteiger partial charge in [0.25, 0.3) is 0 Å². The minimum absolute atomic E-state index is 0.268. The van der Waals surface area contributed by atoms with Gasteiger partial charge < -0.3 is 0 Å². The molecule has 0 aliphatic heterocycles. The molecule has 0 aromatic carbocycles. The molecule has 0 heterocycles. The minimum Gasteiger partial charge on any atom is -0.298 e. The van der Waals surface area contributed by atoms with Crippen molar-refractivity contribution < 1.29 is 4.79 Å². The summed E-state index contributed by atoms with van der Waals surface area (Å²) in [6.45, 7) is 9.69. The summed E-state index contributed by atoms with van der Waals surface area (Å²) < 4.78 is 0. The van der Waals surface area contributed by atoms with Crippen LogP contribution in [0.5, 0.6) is 0 Å². The smallest absolute Gasteiger partial charge is 0.150 e. The van der Waals surface area contributed by atoms with E-state index < -0.39 is 0 Å². The Morgan fingerprint density at radius 1 is 1.43 bits per heavy atom. The average Bonchev–Trinajstić information content (AvgIpc) is 2.54. The first kappa shape index (κ1) is 11.7. The Balaban J connectivity index is 3.02. The Hall–Kier alpha value is -0.370. The van der Waals surface area contributed by atoms with E-state index in [-0.39, 0.29) is 11.2 Å². The van der Waals surface area contributed by atoms with Gasteiger partial charge >= 0.3 is 0 Å². The van der Waals surface area contributed by atoms with Gasteiger partial charge in [0, 0.05) is 5.41 Å². The zero-order chi connectivity index (χ0) is 10.8. The lowest BCUT2D eigenvalue weighted by molar-refractivity contribution is -0.127. The Bertz CT molecular complexity index is 241. The van der Waals surface area contributed by atoms with Gasteiger partial charge in [-0.25, -0.2) is 0 Å². The molecule has 1 nitrogen and oxygen atoms in total. The van der Waals surface area contributed by atoms with Gasteiger partial charge in [0.2, 0.25) is 0 Å². The number of allylic oxidation sites excluding steroid dienone is 2. The van der Waals surface area contributed by atoms with E-state index in [9.17, 15) is 4.79 Å². The van der Waals surface area contributed by atoms with Crippen LogP contribution in [0.15, 0.2) is 25.3 Å². The van der Waals surface area contributed by atoms with Gasteiger partial charge in [0.15, 0.2) is 0 Å². The van der Waals surface area contributed by atoms with Gasteiger partial charge in [-0.1, -0.05) is 35.0 Å². The molecule has 0 aromatic rings. The standard InChI is InChI=1S/C12H17BrO/c1-4-9-6-7-10(5-2)12(9,3)11(14)8-13/h4-5,9-10H,1-2,6-8H2,3H3/t9-,10+,12?. The topological polar surface area (TPSA) is 17.1 Å². The molecule has 3 atom stereocenters. The van der Waals surface area contributed by atoms with E-state index in [0.29, 0.717) is 17.2 Å². The number of rotatable bonds is 4. The summed E-state index contributed by atoms with van der Waals surface area (Å²) >= 11 is 3.26. The van der Waals surface area contributed by atoms with Crippen molar-refractivity contribution in [2.24, 2.45) is 17.3 Å². The molecular weight excluding hydrogens is 240 g/mol. The maximum absolute atomic E-state index is 11.9. The summed E-state index contributed by atoms with van der Waals surface area (Å²) in [4.78, 5) is 11.9. The van der Waals surface area contributed by atoms with Crippen LogP contribution in [0.4, 0.5) is 0 Å². The lowest BCUT2D eigenvalue weighted by Crippen LogP contribution is -2.36. The maximum atomic E-state index is 11.9. The van der Waals surface area contributed by atoms with E-state index in [1.165, 1.54) is 0 Å². The summed E-state index contributed by atoms with van der Waals surface area (Å²) in [5.41, 5.74) is -0.285. The van der Waals surface area contributed by atoms with Crippen LogP contribution in [-0.2, 0) is 4.79 Å². The predicted octanol–water partition coefficient (Wildman–Crippen LogP) is 3.35. The number of ketones is 1. The van der Waals surface area contributed by atoms with Crippen LogP contribution in [0.3, 0.4) is 0 Å². The Morgan fingerprint density at radius 2 is 1.86 bits per heavy atom. The van der Waals surface area contributed by atoms with E-state index in [2.05, 4.69) is 29.1 Å². The zero-order valence-electron chi connectivity index (χ0n) is 8.63. The fourth-order valence-electron chi connectivity index (χ4n) is 2.52. The molecule has 0 aromatic heterocycles. The van der Waals surface area contributed by atoms with Gasteiger partial charge in [-0.15, -0.1) is 13.2 Å². The third kappa shape index (κ3) is 1.60. The van der Waals surface area contributed by atoms with E-state index in [0.717, 1.165) is 12.8 Å². The van der Waals surface area contributed by atoms with Gasteiger partial charge in [-0.2, -0.15) is 0 Å². The van der Waals surface area contributed by atoms with Crippen molar-refractivity contribution in [2.45, 2.75) is 19.8 Å². The van der Waals surface area contributed by atoms with Crippen molar-refractivity contribution >= 4 is 21.7 Å². The molecule has 0 radical (unpaired) electrons. The summed E-state index contributed by atoms with van der Waals surface area (Å²) in [6, 6.07) is 0. The number of Topliss-reactive ketones (excluding diaryl/α,β-unsaturated/α-hetero) is 1. The van der Waals surface area contributed by atoms with E-state index in [4.69, 9.17) is 0 Å². The molecule has 0 saturated heterocycles. The molecule has 0 spiro atoms. The normalized spacial score (nSPS) is 36.7. The number of carbonyl (C=O) groups excluding carboxylic acids is 1. The molecule has 0 amide bonds. The Labute approximate surface area is 94.4 Å². The van der Waals surface area contributed by atoms with Crippen molar-refractivity contribution in [3.63, 3.8) is 0 Å². The predicted molar refractivity (Wildman–Crippen MR) is 63.5 cm³/mol. The van der Waals surface area contributed by atoms with Crippen LogP contribution in [0.25, 0.3) is 0 Å². The van der Waals surface area contributed by atoms with E-state index in [1.807, 2.05) is 19.1 Å². The number of halogens is 1. The lowest BCUT2D eigenvalue weighted by atomic mass is 9.71. The molecule has 78 valence electrons. The quantitative estimate of drug-likeness (QED) is 0.557. The second-order valence-corrected chi connectivity index (χ2v) is 4.66. The van der Waals surface area contributed by atoms with Crippen LogP contribution in [0, 0.1) is 17.3 Å². The van der Waals surface area contributed by atoms with Crippen LogP contribution in [0.1, 0.15) is 19.8 Å². The third-order valence-corrected chi connectivity index (χ3v) is 4.13. The molecule has 1 aliphatic carbocycles. The maximum Gasteiger partial charge on any atom is 0.150 e. The van der Waals surface area contributed by atoms with Gasteiger partial charge in [-0.3, -0.25) is 4.79 Å². The largest absolute Gasteiger partial charge is 0.298 e. The molecule has 1 aliphatic rings. The molecule has 2 heteroatoms. The number of carbonyl (C=O) groups is 1. The molecule has 14 heavy (non-hydrogen) atoms. The van der Waals surface area contributed by atoms with E-state index >= 15 is 0 Å². The Morgan fingerprint density at radius 3 is 2.14 bits per heavy atom. The second-order valence-electron chi connectivity index (χ2n) is 4.10. The molecule has 1 saturated carbocycles. The number of alkyl halides is 1. The SMILES string of the molecule is C=C[C@@H]1CC[C@H](C=C)C1(C)C(=O)CBr. The van der Waals surface area contributed by atoms with Crippen molar-refractivity contribution in [1.29, 1.82) is 0 Å². The molecule has 0 bridgehead atoms. The first-order valence-electron chi connectivity index (χ1n) is 4.95. The van der Waals surface area contributed by atoms with E-state index in [1.54, 1.807) is 0 Å². The fraction of sp³-hybridized carbons (Fsp3) is 0.583. The fourth-order valence-corrected chi connectivity index (χ4v) is 3.12. The molecule has 0 N–H and O–H groups in total. The first-order chi connectivity index (χ1) is 6.61. The lowest BCUT2D eigenvalue weighted by Gasteiger charge is -2.32. The van der Waals surface area contributed by atoms with Crippen molar-refractivity contribution in [3.05, 3.63) is 25.3 Å². The van der Waals surface area contributed by atoms with Crippen LogP contribution in [0.2, 0.25) is 0 Å². The highest BCUT2D eigenvalue weighted by Gasteiger charge is 2.48. The third-order valence-electron chi connectivity index (χ3n) is 3.62. The highest BCUT2D eigenvalue weighted by Crippen LogP contribution is 2.49. The van der Waals surface area contributed by atoms with Gasteiger partial charge in [0.05, 0.1) is 5.33 Å². The van der Waals surface area contributed by atoms with Crippen molar-refractivity contribution in [2.75, 3.05) is 5.33 Å². The molecular formula is C12H17BrO. The highest BCUT2D eigenvalue weighted by atomic mass is 79.9. The Kier molecular flexibility index (Phi) is 3.71.